The number of carbonyl (C=O) groups excluding carboxylic acids is 1. The Kier molecular flexibility index (Phi) is 6.29. The summed E-state index contributed by atoms with van der Waals surface area (Å²) in [5.74, 6) is 0.708. The van der Waals surface area contributed by atoms with E-state index in [1.807, 2.05) is 12.1 Å². The number of ether oxygens (including phenoxy) is 1. The topological polar surface area (TPSA) is 44.8 Å². The van der Waals surface area contributed by atoms with Crippen LogP contribution in [0.2, 0.25) is 0 Å². The first-order valence-electron chi connectivity index (χ1n) is 8.99. The molecule has 1 saturated heterocycles. The Labute approximate surface area is 159 Å². The lowest BCUT2D eigenvalue weighted by atomic mass is 10.0. The van der Waals surface area contributed by atoms with Crippen molar-refractivity contribution in [3.8, 4) is 5.75 Å². The highest BCUT2D eigenvalue weighted by Crippen LogP contribution is 2.29. The van der Waals surface area contributed by atoms with E-state index in [9.17, 15) is 4.79 Å². The molecule has 2 atom stereocenters. The van der Waals surface area contributed by atoms with E-state index in [-0.39, 0.29) is 18.0 Å². The van der Waals surface area contributed by atoms with Crippen LogP contribution in [0.5, 0.6) is 5.75 Å². The second-order valence-electron chi connectivity index (χ2n) is 6.79. The SMILES string of the molecule is COc1ccc(C(=O)NC(C)C(c2cccs2)N2CCN(C)CC2)cc1. The number of amides is 1. The zero-order valence-corrected chi connectivity index (χ0v) is 16.5. The van der Waals surface area contributed by atoms with Gasteiger partial charge in [0.15, 0.2) is 0 Å². The Morgan fingerprint density at radius 3 is 2.42 bits per heavy atom. The number of hydrogen-bond donors (Lipinski definition) is 1. The quantitative estimate of drug-likeness (QED) is 0.846. The molecule has 5 nitrogen and oxygen atoms in total. The van der Waals surface area contributed by atoms with Crippen molar-refractivity contribution in [3.63, 3.8) is 0 Å². The van der Waals surface area contributed by atoms with Crippen LogP contribution in [-0.2, 0) is 0 Å². The van der Waals surface area contributed by atoms with Crippen LogP contribution in [-0.4, -0.2) is 62.1 Å². The number of methoxy groups -OCH3 is 1. The fourth-order valence-electron chi connectivity index (χ4n) is 3.41. The molecular weight excluding hydrogens is 346 g/mol. The number of rotatable bonds is 6. The van der Waals surface area contributed by atoms with Crippen LogP contribution in [0.1, 0.15) is 28.2 Å². The molecule has 3 rings (SSSR count). The smallest absolute Gasteiger partial charge is 0.251 e. The number of piperazine rings is 1. The Balaban J connectivity index is 1.72. The molecule has 2 heterocycles. The van der Waals surface area contributed by atoms with Gasteiger partial charge < -0.3 is 15.0 Å². The van der Waals surface area contributed by atoms with E-state index in [0.717, 1.165) is 31.9 Å². The van der Waals surface area contributed by atoms with Crippen molar-refractivity contribution in [1.82, 2.24) is 15.1 Å². The van der Waals surface area contributed by atoms with E-state index < -0.39 is 0 Å². The molecule has 0 spiro atoms. The van der Waals surface area contributed by atoms with Crippen LogP contribution in [0.15, 0.2) is 41.8 Å². The Hall–Kier alpha value is -1.89. The van der Waals surface area contributed by atoms with E-state index >= 15 is 0 Å². The van der Waals surface area contributed by atoms with Gasteiger partial charge in [-0.25, -0.2) is 0 Å². The predicted octanol–water partition coefficient (Wildman–Crippen LogP) is 2.86. The lowest BCUT2D eigenvalue weighted by molar-refractivity contribution is 0.0799. The summed E-state index contributed by atoms with van der Waals surface area (Å²) in [6.07, 6.45) is 0. The first-order chi connectivity index (χ1) is 12.6. The van der Waals surface area contributed by atoms with Crippen molar-refractivity contribution in [2.75, 3.05) is 40.3 Å². The molecule has 1 amide bonds. The van der Waals surface area contributed by atoms with Crippen LogP contribution in [0.3, 0.4) is 0 Å². The van der Waals surface area contributed by atoms with Gasteiger partial charge in [0.05, 0.1) is 13.2 Å². The highest BCUT2D eigenvalue weighted by atomic mass is 32.1. The van der Waals surface area contributed by atoms with E-state index in [0.29, 0.717) is 5.56 Å². The highest BCUT2D eigenvalue weighted by molar-refractivity contribution is 7.10. The maximum Gasteiger partial charge on any atom is 0.251 e. The molecule has 1 fully saturated rings. The molecule has 2 unspecified atom stereocenters. The summed E-state index contributed by atoms with van der Waals surface area (Å²) in [4.78, 5) is 18.8. The van der Waals surface area contributed by atoms with E-state index in [4.69, 9.17) is 4.74 Å². The number of nitrogens with zero attached hydrogens (tertiary/aromatic N) is 2. The van der Waals surface area contributed by atoms with Gasteiger partial charge in [0.25, 0.3) is 5.91 Å². The number of likely N-dealkylation sites (N-methyl/N-ethyl adjacent to an activating group) is 1. The third-order valence-electron chi connectivity index (χ3n) is 4.95. The van der Waals surface area contributed by atoms with Crippen LogP contribution >= 0.6 is 11.3 Å². The van der Waals surface area contributed by atoms with Crippen molar-refractivity contribution < 1.29 is 9.53 Å². The van der Waals surface area contributed by atoms with E-state index in [1.165, 1.54) is 4.88 Å². The van der Waals surface area contributed by atoms with Gasteiger partial charge in [-0.1, -0.05) is 6.07 Å². The molecule has 1 aromatic carbocycles. The first-order valence-corrected chi connectivity index (χ1v) is 9.87. The number of thiophene rings is 1. The third kappa shape index (κ3) is 4.44. The molecule has 1 N–H and O–H groups in total. The standard InChI is InChI=1S/C20H27N3O2S/c1-15(21-20(24)16-6-8-17(25-3)9-7-16)19(18-5-4-14-26-18)23-12-10-22(2)11-13-23/h4-9,14-15,19H,10-13H2,1-3H3,(H,21,24). The molecule has 0 bridgehead atoms. The maximum atomic E-state index is 12.7. The minimum Gasteiger partial charge on any atom is -0.497 e. The average Bonchev–Trinajstić information content (AvgIpc) is 3.17. The van der Waals surface area contributed by atoms with Gasteiger partial charge in [-0.3, -0.25) is 9.69 Å². The molecule has 1 aliphatic rings. The second kappa shape index (κ2) is 8.66. The molecule has 6 heteroatoms. The molecule has 2 aromatic rings. The summed E-state index contributed by atoms with van der Waals surface area (Å²) < 4.78 is 5.16. The number of nitrogens with one attached hydrogen (secondary N) is 1. The summed E-state index contributed by atoms with van der Waals surface area (Å²) >= 11 is 1.76. The summed E-state index contributed by atoms with van der Waals surface area (Å²) in [5.41, 5.74) is 0.654. The Bertz CT molecular complexity index is 694. The first kappa shape index (κ1) is 18.9. The van der Waals surface area contributed by atoms with Gasteiger partial charge in [0.1, 0.15) is 5.75 Å². The van der Waals surface area contributed by atoms with Gasteiger partial charge in [-0.2, -0.15) is 0 Å². The zero-order valence-electron chi connectivity index (χ0n) is 15.6. The maximum absolute atomic E-state index is 12.7. The normalized spacial score (nSPS) is 18.3. The van der Waals surface area contributed by atoms with Crippen molar-refractivity contribution >= 4 is 17.2 Å². The molecule has 1 aromatic heterocycles. The molecule has 0 saturated carbocycles. The summed E-state index contributed by atoms with van der Waals surface area (Å²) in [6, 6.07) is 11.7. The fourth-order valence-corrected chi connectivity index (χ4v) is 4.38. The number of hydrogen-bond acceptors (Lipinski definition) is 5. The monoisotopic (exact) mass is 373 g/mol. The minimum atomic E-state index is -0.0455. The molecule has 26 heavy (non-hydrogen) atoms. The van der Waals surface area contributed by atoms with Crippen LogP contribution < -0.4 is 10.1 Å². The van der Waals surface area contributed by atoms with Crippen molar-refractivity contribution in [1.29, 1.82) is 0 Å². The Morgan fingerprint density at radius 1 is 1.15 bits per heavy atom. The summed E-state index contributed by atoms with van der Waals surface area (Å²) in [6.45, 7) is 6.25. The lowest BCUT2D eigenvalue weighted by Crippen LogP contribution is -2.51. The van der Waals surface area contributed by atoms with Gasteiger partial charge in [-0.05, 0) is 49.7 Å². The number of benzene rings is 1. The summed E-state index contributed by atoms with van der Waals surface area (Å²) in [7, 11) is 3.78. The van der Waals surface area contributed by atoms with Gasteiger partial charge in [-0.15, -0.1) is 11.3 Å². The van der Waals surface area contributed by atoms with Crippen LogP contribution in [0.25, 0.3) is 0 Å². The minimum absolute atomic E-state index is 0.0201. The predicted molar refractivity (Wildman–Crippen MR) is 106 cm³/mol. The lowest BCUT2D eigenvalue weighted by Gasteiger charge is -2.40. The molecule has 140 valence electrons. The summed E-state index contributed by atoms with van der Waals surface area (Å²) in [5, 5.41) is 5.31. The zero-order chi connectivity index (χ0) is 18.5. The van der Waals surface area contributed by atoms with Gasteiger partial charge in [0, 0.05) is 42.7 Å². The van der Waals surface area contributed by atoms with Crippen molar-refractivity contribution in [2.24, 2.45) is 0 Å². The second-order valence-corrected chi connectivity index (χ2v) is 7.77. The molecule has 0 aliphatic carbocycles. The average molecular weight is 374 g/mol. The van der Waals surface area contributed by atoms with Gasteiger partial charge in [0.2, 0.25) is 0 Å². The highest BCUT2D eigenvalue weighted by Gasteiger charge is 2.30. The van der Waals surface area contributed by atoms with E-state index in [1.54, 1.807) is 30.6 Å². The van der Waals surface area contributed by atoms with Crippen molar-refractivity contribution in [3.05, 3.63) is 52.2 Å². The van der Waals surface area contributed by atoms with E-state index in [2.05, 4.69) is 46.6 Å². The fraction of sp³-hybridized carbons (Fsp3) is 0.450. The molecular formula is C20H27N3O2S. The van der Waals surface area contributed by atoms with Gasteiger partial charge >= 0.3 is 0 Å². The number of carbonyl (C=O) groups is 1. The van der Waals surface area contributed by atoms with Crippen LogP contribution in [0.4, 0.5) is 0 Å². The van der Waals surface area contributed by atoms with Crippen LogP contribution in [0, 0.1) is 0 Å². The molecule has 0 radical (unpaired) electrons. The van der Waals surface area contributed by atoms with Crippen molar-refractivity contribution in [2.45, 2.75) is 19.0 Å². The Morgan fingerprint density at radius 2 is 1.85 bits per heavy atom. The largest absolute Gasteiger partial charge is 0.497 e. The molecule has 1 aliphatic heterocycles. The third-order valence-corrected chi connectivity index (χ3v) is 5.89.